The Bertz CT molecular complexity index is 442. The van der Waals surface area contributed by atoms with Gasteiger partial charge >= 0.3 is 5.97 Å². The zero-order valence-electron chi connectivity index (χ0n) is 16.3. The number of rotatable bonds is 9. The first-order valence-electron chi connectivity index (χ1n) is 7.96. The highest BCUT2D eigenvalue weighted by molar-refractivity contribution is 8.01. The molecule has 1 atom stereocenters. The van der Waals surface area contributed by atoms with Crippen LogP contribution in [0.15, 0.2) is 23.6 Å². The van der Waals surface area contributed by atoms with Crippen molar-refractivity contribution in [3.8, 4) is 0 Å². The third-order valence-electron chi connectivity index (χ3n) is 2.82. The van der Waals surface area contributed by atoms with Crippen molar-refractivity contribution >= 4 is 35.5 Å². The van der Waals surface area contributed by atoms with E-state index in [9.17, 15) is 9.59 Å². The molecule has 0 aromatic rings. The van der Waals surface area contributed by atoms with Gasteiger partial charge in [-0.2, -0.15) is 0 Å². The molecule has 0 rings (SSSR count). The Kier molecular flexibility index (Phi) is 13.4. The Morgan fingerprint density at radius 1 is 1.21 bits per heavy atom. The molecule has 0 saturated carbocycles. The zero-order chi connectivity index (χ0) is 19.4. The van der Waals surface area contributed by atoms with E-state index in [4.69, 9.17) is 0 Å². The van der Waals surface area contributed by atoms with Gasteiger partial charge in [-0.05, 0) is 44.9 Å². The summed E-state index contributed by atoms with van der Waals surface area (Å²) in [5.74, 6) is -0.684. The number of hydrogen-bond donors (Lipinski definition) is 1. The van der Waals surface area contributed by atoms with Gasteiger partial charge in [0, 0.05) is 11.2 Å². The molecular formula is C18H33NO3S2. The van der Waals surface area contributed by atoms with Gasteiger partial charge in [-0.1, -0.05) is 38.5 Å². The van der Waals surface area contributed by atoms with Gasteiger partial charge in [0.1, 0.15) is 12.2 Å². The summed E-state index contributed by atoms with van der Waals surface area (Å²) in [7, 11) is 1.28. The third-order valence-corrected chi connectivity index (χ3v) is 4.39. The number of esters is 1. The molecule has 0 aromatic carbocycles. The molecule has 0 aromatic heterocycles. The molecule has 0 aliphatic carbocycles. The van der Waals surface area contributed by atoms with Crippen LogP contribution in [0.3, 0.4) is 0 Å². The molecule has 1 unspecified atom stereocenters. The number of methoxy groups -OCH3 is 1. The van der Waals surface area contributed by atoms with E-state index in [0.29, 0.717) is 0 Å². The third kappa shape index (κ3) is 11.8. The molecule has 4 nitrogen and oxygen atoms in total. The Morgan fingerprint density at radius 2 is 1.75 bits per heavy atom. The van der Waals surface area contributed by atoms with Crippen molar-refractivity contribution in [2.45, 2.75) is 64.7 Å². The summed E-state index contributed by atoms with van der Waals surface area (Å²) < 4.78 is 7.90. The lowest BCUT2D eigenvalue weighted by Crippen LogP contribution is -2.43. The standard InChI is InChI=1S/C16H27NO3S2.C2H6/c1-12(8-9-21-7)16(5,17-22-15(2,3)4)11-13(18)10-14(19)20-6;1-2/h8-9,17H,1,10-11H2,2-7H3;1-2H3/b9-8-;. The van der Waals surface area contributed by atoms with Gasteiger partial charge in [-0.25, -0.2) is 0 Å². The number of hydrogen-bond acceptors (Lipinski definition) is 6. The van der Waals surface area contributed by atoms with Crippen LogP contribution in [-0.4, -0.2) is 35.4 Å². The number of ketones is 1. The lowest BCUT2D eigenvalue weighted by molar-refractivity contribution is -0.143. The van der Waals surface area contributed by atoms with Crippen molar-refractivity contribution in [3.63, 3.8) is 0 Å². The van der Waals surface area contributed by atoms with Crippen LogP contribution in [0.25, 0.3) is 0 Å². The first kappa shape index (κ1) is 25.5. The number of carbonyl (C=O) groups is 2. The van der Waals surface area contributed by atoms with Crippen molar-refractivity contribution in [2.75, 3.05) is 13.4 Å². The van der Waals surface area contributed by atoms with E-state index in [2.05, 4.69) is 36.8 Å². The largest absolute Gasteiger partial charge is 0.469 e. The van der Waals surface area contributed by atoms with Gasteiger partial charge in [0.25, 0.3) is 0 Å². The second-order valence-corrected chi connectivity index (χ2v) is 8.56. The Morgan fingerprint density at radius 3 is 2.17 bits per heavy atom. The van der Waals surface area contributed by atoms with Crippen LogP contribution < -0.4 is 4.72 Å². The number of nitrogens with one attached hydrogen (secondary N) is 1. The fraction of sp³-hybridized carbons (Fsp3) is 0.667. The smallest absolute Gasteiger partial charge is 0.313 e. The number of Topliss-reactive ketones (excluding diaryl/α,β-unsaturated/α-hetero) is 1. The minimum Gasteiger partial charge on any atom is -0.469 e. The van der Waals surface area contributed by atoms with Gasteiger partial charge in [0.15, 0.2) is 0 Å². The highest BCUT2D eigenvalue weighted by Crippen LogP contribution is 2.30. The van der Waals surface area contributed by atoms with Crippen molar-refractivity contribution < 1.29 is 14.3 Å². The molecule has 0 amide bonds. The monoisotopic (exact) mass is 375 g/mol. The highest BCUT2D eigenvalue weighted by Gasteiger charge is 2.31. The van der Waals surface area contributed by atoms with Crippen molar-refractivity contribution in [2.24, 2.45) is 0 Å². The van der Waals surface area contributed by atoms with E-state index < -0.39 is 11.5 Å². The maximum absolute atomic E-state index is 12.1. The molecule has 24 heavy (non-hydrogen) atoms. The summed E-state index contributed by atoms with van der Waals surface area (Å²) in [6, 6.07) is 0. The predicted octanol–water partition coefficient (Wildman–Crippen LogP) is 4.76. The van der Waals surface area contributed by atoms with Gasteiger partial charge in [-0.3, -0.25) is 14.3 Å². The second kappa shape index (κ2) is 12.6. The van der Waals surface area contributed by atoms with Gasteiger partial charge in [-0.15, -0.1) is 11.8 Å². The molecule has 0 radical (unpaired) electrons. The average Bonchev–Trinajstić information content (AvgIpc) is 2.51. The normalized spacial score (nSPS) is 13.7. The fourth-order valence-electron chi connectivity index (χ4n) is 1.50. The summed E-state index contributed by atoms with van der Waals surface area (Å²) in [5.41, 5.74) is 0.187. The summed E-state index contributed by atoms with van der Waals surface area (Å²) in [6.07, 6.45) is 3.82. The summed E-state index contributed by atoms with van der Waals surface area (Å²) in [6.45, 7) is 16.3. The molecule has 0 aliphatic heterocycles. The van der Waals surface area contributed by atoms with E-state index in [1.165, 1.54) is 7.11 Å². The Labute approximate surface area is 156 Å². The minimum absolute atomic E-state index is 0.00381. The molecule has 0 saturated heterocycles. The maximum Gasteiger partial charge on any atom is 0.313 e. The van der Waals surface area contributed by atoms with Crippen LogP contribution >= 0.6 is 23.7 Å². The molecule has 0 spiro atoms. The average molecular weight is 376 g/mol. The zero-order valence-corrected chi connectivity index (χ0v) is 18.0. The quantitative estimate of drug-likeness (QED) is 0.271. The molecular weight excluding hydrogens is 342 g/mol. The Balaban J connectivity index is 0. The molecule has 0 bridgehead atoms. The van der Waals surface area contributed by atoms with E-state index >= 15 is 0 Å². The molecule has 0 aliphatic rings. The number of ether oxygens (including phenoxy) is 1. The molecule has 0 heterocycles. The predicted molar refractivity (Wildman–Crippen MR) is 108 cm³/mol. The minimum atomic E-state index is -0.616. The summed E-state index contributed by atoms with van der Waals surface area (Å²) in [4.78, 5) is 23.4. The van der Waals surface area contributed by atoms with Crippen LogP contribution in [0.5, 0.6) is 0 Å². The van der Waals surface area contributed by atoms with E-state index in [-0.39, 0.29) is 23.4 Å². The molecule has 6 heteroatoms. The van der Waals surface area contributed by atoms with Crippen LogP contribution in [0, 0.1) is 0 Å². The molecule has 140 valence electrons. The lowest BCUT2D eigenvalue weighted by atomic mass is 9.88. The topological polar surface area (TPSA) is 55.4 Å². The highest BCUT2D eigenvalue weighted by atomic mass is 32.2. The van der Waals surface area contributed by atoms with Gasteiger partial charge < -0.3 is 4.74 Å². The van der Waals surface area contributed by atoms with Gasteiger partial charge in [0.2, 0.25) is 0 Å². The lowest BCUT2D eigenvalue weighted by Gasteiger charge is -2.33. The van der Waals surface area contributed by atoms with E-state index in [1.807, 2.05) is 38.5 Å². The summed E-state index contributed by atoms with van der Waals surface area (Å²) in [5, 5.41) is 1.93. The maximum atomic E-state index is 12.1. The fourth-order valence-corrected chi connectivity index (χ4v) is 2.54. The first-order valence-corrected chi connectivity index (χ1v) is 10.1. The van der Waals surface area contributed by atoms with Crippen molar-refractivity contribution in [1.29, 1.82) is 0 Å². The van der Waals surface area contributed by atoms with Gasteiger partial charge in [0.05, 0.1) is 12.6 Å². The second-order valence-electron chi connectivity index (χ2n) is 6.18. The first-order chi connectivity index (χ1) is 11.0. The summed E-state index contributed by atoms with van der Waals surface area (Å²) >= 11 is 3.12. The van der Waals surface area contributed by atoms with E-state index in [0.717, 1.165) is 5.57 Å². The number of thioether (sulfide) groups is 1. The van der Waals surface area contributed by atoms with Crippen LogP contribution in [-0.2, 0) is 14.3 Å². The Hall–Kier alpha value is -0.720. The number of carbonyl (C=O) groups excluding carboxylic acids is 2. The van der Waals surface area contributed by atoms with Crippen LogP contribution in [0.4, 0.5) is 0 Å². The van der Waals surface area contributed by atoms with E-state index in [1.54, 1.807) is 23.7 Å². The van der Waals surface area contributed by atoms with Crippen LogP contribution in [0.2, 0.25) is 0 Å². The SMILES string of the molecule is C=C(/C=C\SC)C(C)(CC(=O)CC(=O)OC)NSC(C)(C)C.CC. The molecule has 1 N–H and O–H groups in total. The van der Waals surface area contributed by atoms with Crippen LogP contribution in [0.1, 0.15) is 54.4 Å². The van der Waals surface area contributed by atoms with Crippen molar-refractivity contribution in [1.82, 2.24) is 4.72 Å². The molecule has 0 fully saturated rings. The van der Waals surface area contributed by atoms with Crippen molar-refractivity contribution in [3.05, 3.63) is 23.6 Å².